The average Bonchev–Trinajstić information content (AvgIpc) is 2.43. The zero-order valence-electron chi connectivity index (χ0n) is 11.5. The van der Waals surface area contributed by atoms with Gasteiger partial charge in [0.1, 0.15) is 0 Å². The SMILES string of the molecule is CCC(N)(CC)CNC(=O)c1cc(Cl)cc([N+](=O)[O-])c1. The number of non-ortho nitro benzene ring substituents is 1. The number of hydrogen-bond donors (Lipinski definition) is 2. The molecular weight excluding hydrogens is 282 g/mol. The van der Waals surface area contributed by atoms with Gasteiger partial charge in [-0.05, 0) is 18.9 Å². The monoisotopic (exact) mass is 299 g/mol. The Kier molecular flexibility index (Phi) is 5.47. The van der Waals surface area contributed by atoms with Gasteiger partial charge < -0.3 is 11.1 Å². The van der Waals surface area contributed by atoms with Crippen LogP contribution >= 0.6 is 11.6 Å². The number of nitro benzene ring substituents is 1. The summed E-state index contributed by atoms with van der Waals surface area (Å²) in [5.41, 5.74) is 5.55. The van der Waals surface area contributed by atoms with E-state index in [4.69, 9.17) is 17.3 Å². The lowest BCUT2D eigenvalue weighted by atomic mass is 9.94. The van der Waals surface area contributed by atoms with E-state index < -0.39 is 16.4 Å². The van der Waals surface area contributed by atoms with Crippen LogP contribution in [0.5, 0.6) is 0 Å². The lowest BCUT2D eigenvalue weighted by Gasteiger charge is -2.26. The first-order chi connectivity index (χ1) is 9.31. The summed E-state index contributed by atoms with van der Waals surface area (Å²) in [5.74, 6) is -0.424. The first-order valence-electron chi connectivity index (χ1n) is 6.33. The second-order valence-electron chi connectivity index (χ2n) is 4.71. The van der Waals surface area contributed by atoms with Gasteiger partial charge >= 0.3 is 0 Å². The van der Waals surface area contributed by atoms with E-state index >= 15 is 0 Å². The van der Waals surface area contributed by atoms with Crippen molar-refractivity contribution in [1.82, 2.24) is 5.32 Å². The number of nitro groups is 1. The van der Waals surface area contributed by atoms with Gasteiger partial charge in [0.05, 0.1) is 4.92 Å². The number of nitrogens with zero attached hydrogens (tertiary/aromatic N) is 1. The molecule has 0 atom stereocenters. The van der Waals surface area contributed by atoms with Crippen LogP contribution in [0.1, 0.15) is 37.0 Å². The van der Waals surface area contributed by atoms with E-state index in [1.165, 1.54) is 18.2 Å². The minimum Gasteiger partial charge on any atom is -0.350 e. The lowest BCUT2D eigenvalue weighted by molar-refractivity contribution is -0.384. The molecule has 20 heavy (non-hydrogen) atoms. The highest BCUT2D eigenvalue weighted by atomic mass is 35.5. The molecular formula is C13H18ClN3O3. The Morgan fingerprint density at radius 1 is 1.40 bits per heavy atom. The molecule has 0 spiro atoms. The molecule has 1 amide bonds. The highest BCUT2D eigenvalue weighted by Crippen LogP contribution is 2.21. The maximum Gasteiger partial charge on any atom is 0.271 e. The van der Waals surface area contributed by atoms with E-state index in [0.717, 1.165) is 12.8 Å². The quantitative estimate of drug-likeness (QED) is 0.623. The van der Waals surface area contributed by atoms with E-state index in [0.29, 0.717) is 6.54 Å². The summed E-state index contributed by atoms with van der Waals surface area (Å²) >= 11 is 5.77. The second-order valence-corrected chi connectivity index (χ2v) is 5.14. The smallest absolute Gasteiger partial charge is 0.271 e. The molecule has 1 aromatic rings. The van der Waals surface area contributed by atoms with Crippen molar-refractivity contribution in [2.45, 2.75) is 32.2 Å². The van der Waals surface area contributed by atoms with Crippen LogP contribution in [-0.2, 0) is 0 Å². The van der Waals surface area contributed by atoms with Crippen LogP contribution in [0.25, 0.3) is 0 Å². The average molecular weight is 300 g/mol. The van der Waals surface area contributed by atoms with E-state index in [-0.39, 0.29) is 16.3 Å². The minimum absolute atomic E-state index is 0.148. The number of carbonyl (C=O) groups is 1. The van der Waals surface area contributed by atoms with Crippen LogP contribution in [0.2, 0.25) is 5.02 Å². The van der Waals surface area contributed by atoms with Crippen LogP contribution in [-0.4, -0.2) is 22.9 Å². The number of rotatable bonds is 6. The Morgan fingerprint density at radius 2 is 2.00 bits per heavy atom. The van der Waals surface area contributed by atoms with Crippen LogP contribution in [0, 0.1) is 10.1 Å². The van der Waals surface area contributed by atoms with Gasteiger partial charge in [-0.2, -0.15) is 0 Å². The van der Waals surface area contributed by atoms with E-state index in [2.05, 4.69) is 5.32 Å². The number of carbonyl (C=O) groups excluding carboxylic acids is 1. The molecule has 0 saturated heterocycles. The number of benzene rings is 1. The molecule has 110 valence electrons. The van der Waals surface area contributed by atoms with Gasteiger partial charge in [-0.1, -0.05) is 25.4 Å². The van der Waals surface area contributed by atoms with Gasteiger partial charge in [0.25, 0.3) is 11.6 Å². The second kappa shape index (κ2) is 6.67. The molecule has 0 aromatic heterocycles. The molecule has 0 aliphatic rings. The van der Waals surface area contributed by atoms with Gasteiger partial charge in [-0.15, -0.1) is 0 Å². The summed E-state index contributed by atoms with van der Waals surface area (Å²) in [6.07, 6.45) is 1.44. The molecule has 0 bridgehead atoms. The number of amides is 1. The van der Waals surface area contributed by atoms with Gasteiger partial charge in [0.2, 0.25) is 0 Å². The van der Waals surface area contributed by atoms with Gasteiger partial charge in [-0.3, -0.25) is 14.9 Å². The molecule has 0 aliphatic carbocycles. The van der Waals surface area contributed by atoms with Crippen molar-refractivity contribution in [3.63, 3.8) is 0 Å². The first kappa shape index (κ1) is 16.4. The fourth-order valence-corrected chi connectivity index (χ4v) is 1.90. The van der Waals surface area contributed by atoms with E-state index in [1.807, 2.05) is 13.8 Å². The summed E-state index contributed by atoms with van der Waals surface area (Å²) in [4.78, 5) is 22.1. The summed E-state index contributed by atoms with van der Waals surface area (Å²) in [6.45, 7) is 4.19. The van der Waals surface area contributed by atoms with Crippen molar-refractivity contribution in [1.29, 1.82) is 0 Å². The molecule has 0 saturated carbocycles. The largest absolute Gasteiger partial charge is 0.350 e. The number of nitrogens with one attached hydrogen (secondary N) is 1. The van der Waals surface area contributed by atoms with Gasteiger partial charge in [-0.25, -0.2) is 0 Å². The summed E-state index contributed by atoms with van der Waals surface area (Å²) in [7, 11) is 0. The fraction of sp³-hybridized carbons (Fsp3) is 0.462. The van der Waals surface area contributed by atoms with Crippen molar-refractivity contribution in [3.05, 3.63) is 38.9 Å². The Balaban J connectivity index is 2.85. The van der Waals surface area contributed by atoms with Crippen molar-refractivity contribution in [2.75, 3.05) is 6.54 Å². The molecule has 0 unspecified atom stereocenters. The van der Waals surface area contributed by atoms with Crippen molar-refractivity contribution in [2.24, 2.45) is 5.73 Å². The van der Waals surface area contributed by atoms with Crippen LogP contribution in [0.15, 0.2) is 18.2 Å². The zero-order chi connectivity index (χ0) is 15.3. The highest BCUT2D eigenvalue weighted by molar-refractivity contribution is 6.31. The molecule has 0 fully saturated rings. The molecule has 7 heteroatoms. The van der Waals surface area contributed by atoms with E-state index in [9.17, 15) is 14.9 Å². The first-order valence-corrected chi connectivity index (χ1v) is 6.71. The summed E-state index contributed by atoms with van der Waals surface area (Å²) in [6, 6.07) is 3.78. The number of nitrogens with two attached hydrogens (primary N) is 1. The van der Waals surface area contributed by atoms with Gasteiger partial charge in [0, 0.05) is 34.8 Å². The van der Waals surface area contributed by atoms with Crippen LogP contribution in [0.3, 0.4) is 0 Å². The number of halogens is 1. The van der Waals surface area contributed by atoms with E-state index in [1.54, 1.807) is 0 Å². The fourth-order valence-electron chi connectivity index (χ4n) is 1.67. The predicted molar refractivity (Wildman–Crippen MR) is 77.9 cm³/mol. The zero-order valence-corrected chi connectivity index (χ0v) is 12.2. The normalized spacial score (nSPS) is 11.2. The van der Waals surface area contributed by atoms with Crippen molar-refractivity contribution < 1.29 is 9.72 Å². The number of hydrogen-bond acceptors (Lipinski definition) is 4. The summed E-state index contributed by atoms with van der Waals surface area (Å²) in [5, 5.41) is 13.6. The van der Waals surface area contributed by atoms with Crippen LogP contribution in [0.4, 0.5) is 5.69 Å². The molecule has 3 N–H and O–H groups in total. The Labute approximate surface area is 122 Å². The Hall–Kier alpha value is -1.66. The maximum atomic E-state index is 12.0. The third kappa shape index (κ3) is 4.18. The predicted octanol–water partition coefficient (Wildman–Crippen LogP) is 2.50. The van der Waals surface area contributed by atoms with Crippen molar-refractivity contribution in [3.8, 4) is 0 Å². The maximum absolute atomic E-state index is 12.0. The molecule has 0 heterocycles. The third-order valence-corrected chi connectivity index (χ3v) is 3.58. The molecule has 1 rings (SSSR count). The minimum atomic E-state index is -0.589. The molecule has 0 aliphatic heterocycles. The standard InChI is InChI=1S/C13H18ClN3O3/c1-3-13(15,4-2)8-16-12(18)9-5-10(14)7-11(6-9)17(19)20/h5-7H,3-4,8,15H2,1-2H3,(H,16,18). The third-order valence-electron chi connectivity index (χ3n) is 3.36. The Morgan fingerprint density at radius 3 is 2.50 bits per heavy atom. The molecule has 6 nitrogen and oxygen atoms in total. The Bertz CT molecular complexity index is 516. The molecule has 1 aromatic carbocycles. The lowest BCUT2D eigenvalue weighted by Crippen LogP contribution is -2.49. The summed E-state index contributed by atoms with van der Waals surface area (Å²) < 4.78 is 0. The topological polar surface area (TPSA) is 98.3 Å². The van der Waals surface area contributed by atoms with Gasteiger partial charge in [0.15, 0.2) is 0 Å². The van der Waals surface area contributed by atoms with Crippen molar-refractivity contribution >= 4 is 23.2 Å². The van der Waals surface area contributed by atoms with Crippen LogP contribution < -0.4 is 11.1 Å². The highest BCUT2D eigenvalue weighted by Gasteiger charge is 2.22. The molecule has 0 radical (unpaired) electrons.